The van der Waals surface area contributed by atoms with Gasteiger partial charge in [-0.15, -0.1) is 0 Å². The van der Waals surface area contributed by atoms with Crippen LogP contribution in [0.2, 0.25) is 0 Å². The number of nitrogens with zero attached hydrogens (tertiary/aromatic N) is 2. The van der Waals surface area contributed by atoms with Crippen LogP contribution in [-0.4, -0.2) is 24.1 Å². The van der Waals surface area contributed by atoms with Crippen LogP contribution >= 0.6 is 0 Å². The van der Waals surface area contributed by atoms with Crippen LogP contribution in [0.5, 0.6) is 5.75 Å². The Balaban J connectivity index is 2.08. The summed E-state index contributed by atoms with van der Waals surface area (Å²) in [6.07, 6.45) is 5.46. The highest BCUT2D eigenvalue weighted by Gasteiger charge is 2.15. The van der Waals surface area contributed by atoms with Crippen molar-refractivity contribution in [3.05, 3.63) is 54.1 Å². The summed E-state index contributed by atoms with van der Waals surface area (Å²) in [6, 6.07) is 9.97. The zero-order valence-corrected chi connectivity index (χ0v) is 11.3. The Labute approximate surface area is 113 Å². The van der Waals surface area contributed by atoms with Crippen molar-refractivity contribution in [2.24, 2.45) is 0 Å². The van der Waals surface area contributed by atoms with E-state index in [1.165, 1.54) is 0 Å². The molecule has 1 atom stereocenters. The molecule has 1 unspecified atom stereocenters. The van der Waals surface area contributed by atoms with Crippen molar-refractivity contribution in [1.82, 2.24) is 15.3 Å². The summed E-state index contributed by atoms with van der Waals surface area (Å²) >= 11 is 0. The van der Waals surface area contributed by atoms with E-state index >= 15 is 0 Å². The molecular weight excluding hydrogens is 238 g/mol. The van der Waals surface area contributed by atoms with Crippen molar-refractivity contribution in [2.45, 2.75) is 18.9 Å². The SMILES string of the molecule is CNC(CCc1ccccn1)c1ncccc1OC. The molecule has 2 aromatic rings. The predicted octanol–water partition coefficient (Wildman–Crippen LogP) is 2.38. The van der Waals surface area contributed by atoms with Gasteiger partial charge in [0.25, 0.3) is 0 Å². The maximum Gasteiger partial charge on any atom is 0.141 e. The lowest BCUT2D eigenvalue weighted by atomic mass is 10.0. The van der Waals surface area contributed by atoms with Crippen molar-refractivity contribution in [1.29, 1.82) is 0 Å². The molecule has 0 aliphatic heterocycles. The topological polar surface area (TPSA) is 47.0 Å². The van der Waals surface area contributed by atoms with Crippen molar-refractivity contribution in [3.8, 4) is 5.75 Å². The Hall–Kier alpha value is -1.94. The third-order valence-corrected chi connectivity index (χ3v) is 3.11. The molecule has 100 valence electrons. The summed E-state index contributed by atoms with van der Waals surface area (Å²) in [5, 5.41) is 3.29. The van der Waals surface area contributed by atoms with Gasteiger partial charge in [-0.2, -0.15) is 0 Å². The fraction of sp³-hybridized carbons (Fsp3) is 0.333. The zero-order chi connectivity index (χ0) is 13.5. The molecule has 0 fully saturated rings. The molecule has 0 radical (unpaired) electrons. The Bertz CT molecular complexity index is 502. The molecule has 1 N–H and O–H groups in total. The quantitative estimate of drug-likeness (QED) is 0.863. The third kappa shape index (κ3) is 3.51. The number of pyridine rings is 2. The van der Waals surface area contributed by atoms with Crippen molar-refractivity contribution >= 4 is 0 Å². The van der Waals surface area contributed by atoms with E-state index in [1.54, 1.807) is 13.3 Å². The highest BCUT2D eigenvalue weighted by Crippen LogP contribution is 2.25. The van der Waals surface area contributed by atoms with E-state index < -0.39 is 0 Å². The summed E-state index contributed by atoms with van der Waals surface area (Å²) in [7, 11) is 3.61. The molecule has 19 heavy (non-hydrogen) atoms. The average Bonchev–Trinajstić information content (AvgIpc) is 2.49. The van der Waals surface area contributed by atoms with Gasteiger partial charge in [-0.1, -0.05) is 6.07 Å². The Morgan fingerprint density at radius 2 is 2.00 bits per heavy atom. The molecule has 0 saturated carbocycles. The molecule has 4 heteroatoms. The standard InChI is InChI=1S/C15H19N3O/c1-16-13(9-8-12-6-3-4-10-17-12)15-14(19-2)7-5-11-18-15/h3-7,10-11,13,16H,8-9H2,1-2H3. The van der Waals surface area contributed by atoms with Gasteiger partial charge in [-0.05, 0) is 44.2 Å². The molecule has 0 spiro atoms. The number of aromatic nitrogens is 2. The fourth-order valence-corrected chi connectivity index (χ4v) is 2.09. The first-order valence-electron chi connectivity index (χ1n) is 6.41. The van der Waals surface area contributed by atoms with E-state index in [9.17, 15) is 0 Å². The number of methoxy groups -OCH3 is 1. The van der Waals surface area contributed by atoms with Crippen LogP contribution in [0.3, 0.4) is 0 Å². The zero-order valence-electron chi connectivity index (χ0n) is 11.3. The number of ether oxygens (including phenoxy) is 1. The van der Waals surface area contributed by atoms with Crippen LogP contribution in [0.15, 0.2) is 42.7 Å². The highest BCUT2D eigenvalue weighted by atomic mass is 16.5. The second-order valence-electron chi connectivity index (χ2n) is 4.29. The molecule has 0 aromatic carbocycles. The smallest absolute Gasteiger partial charge is 0.141 e. The van der Waals surface area contributed by atoms with Crippen LogP contribution in [0.25, 0.3) is 0 Å². The molecule has 2 aromatic heterocycles. The van der Waals surface area contributed by atoms with E-state index in [1.807, 2.05) is 43.6 Å². The molecule has 0 amide bonds. The summed E-state index contributed by atoms with van der Waals surface area (Å²) < 4.78 is 5.36. The van der Waals surface area contributed by atoms with Gasteiger partial charge in [0.15, 0.2) is 0 Å². The normalized spacial score (nSPS) is 12.1. The minimum absolute atomic E-state index is 0.165. The van der Waals surface area contributed by atoms with E-state index in [0.717, 1.165) is 30.0 Å². The monoisotopic (exact) mass is 257 g/mol. The van der Waals surface area contributed by atoms with Crippen LogP contribution < -0.4 is 10.1 Å². The van der Waals surface area contributed by atoms with Gasteiger partial charge in [0.1, 0.15) is 5.75 Å². The van der Waals surface area contributed by atoms with Crippen molar-refractivity contribution in [3.63, 3.8) is 0 Å². The summed E-state index contributed by atoms with van der Waals surface area (Å²) in [5.41, 5.74) is 2.04. The van der Waals surface area contributed by atoms with Crippen LogP contribution in [0, 0.1) is 0 Å². The summed E-state index contributed by atoms with van der Waals surface area (Å²) in [4.78, 5) is 8.77. The minimum atomic E-state index is 0.165. The fourth-order valence-electron chi connectivity index (χ4n) is 2.09. The van der Waals surface area contributed by atoms with Crippen molar-refractivity contribution in [2.75, 3.05) is 14.2 Å². The maximum atomic E-state index is 5.36. The number of rotatable bonds is 6. The van der Waals surface area contributed by atoms with E-state index in [2.05, 4.69) is 15.3 Å². The first-order valence-corrected chi connectivity index (χ1v) is 6.41. The molecule has 2 heterocycles. The largest absolute Gasteiger partial charge is 0.495 e. The summed E-state index contributed by atoms with van der Waals surface area (Å²) in [6.45, 7) is 0. The van der Waals surface area contributed by atoms with Crippen LogP contribution in [-0.2, 0) is 6.42 Å². The predicted molar refractivity (Wildman–Crippen MR) is 75.1 cm³/mol. The maximum absolute atomic E-state index is 5.36. The lowest BCUT2D eigenvalue weighted by Crippen LogP contribution is -2.19. The van der Waals surface area contributed by atoms with Crippen LogP contribution in [0.1, 0.15) is 23.9 Å². The Kier molecular flexibility index (Phi) is 4.86. The highest BCUT2D eigenvalue weighted by molar-refractivity contribution is 5.29. The molecule has 4 nitrogen and oxygen atoms in total. The average molecular weight is 257 g/mol. The van der Waals surface area contributed by atoms with Gasteiger partial charge in [0, 0.05) is 18.1 Å². The van der Waals surface area contributed by atoms with Crippen molar-refractivity contribution < 1.29 is 4.74 Å². The second-order valence-corrected chi connectivity index (χ2v) is 4.29. The lowest BCUT2D eigenvalue weighted by Gasteiger charge is -2.17. The molecular formula is C15H19N3O. The van der Waals surface area contributed by atoms with Gasteiger partial charge in [0.2, 0.25) is 0 Å². The minimum Gasteiger partial charge on any atom is -0.495 e. The van der Waals surface area contributed by atoms with E-state index in [-0.39, 0.29) is 6.04 Å². The van der Waals surface area contributed by atoms with Gasteiger partial charge >= 0.3 is 0 Å². The van der Waals surface area contributed by atoms with E-state index in [4.69, 9.17) is 4.74 Å². The second kappa shape index (κ2) is 6.85. The molecule has 0 bridgehead atoms. The summed E-state index contributed by atoms with van der Waals surface area (Å²) in [5.74, 6) is 0.822. The number of nitrogens with one attached hydrogen (secondary N) is 1. The third-order valence-electron chi connectivity index (χ3n) is 3.11. The lowest BCUT2D eigenvalue weighted by molar-refractivity contribution is 0.393. The van der Waals surface area contributed by atoms with Gasteiger partial charge < -0.3 is 10.1 Å². The number of aryl methyl sites for hydroxylation is 1. The number of hydrogen-bond acceptors (Lipinski definition) is 4. The first kappa shape index (κ1) is 13.5. The number of hydrogen-bond donors (Lipinski definition) is 1. The van der Waals surface area contributed by atoms with Gasteiger partial charge in [-0.3, -0.25) is 9.97 Å². The van der Waals surface area contributed by atoms with Crippen LogP contribution in [0.4, 0.5) is 0 Å². The van der Waals surface area contributed by atoms with Gasteiger partial charge in [-0.25, -0.2) is 0 Å². The van der Waals surface area contributed by atoms with E-state index in [0.29, 0.717) is 0 Å². The Morgan fingerprint density at radius 1 is 1.16 bits per heavy atom. The molecule has 0 saturated heterocycles. The molecule has 0 aliphatic carbocycles. The van der Waals surface area contributed by atoms with Gasteiger partial charge in [0.05, 0.1) is 18.8 Å². The first-order chi connectivity index (χ1) is 9.35. The Morgan fingerprint density at radius 3 is 2.68 bits per heavy atom. The molecule has 0 aliphatic rings. The molecule has 2 rings (SSSR count).